The van der Waals surface area contributed by atoms with Crippen LogP contribution in [0.25, 0.3) is 0 Å². The predicted octanol–water partition coefficient (Wildman–Crippen LogP) is 21.8. The van der Waals surface area contributed by atoms with Crippen molar-refractivity contribution in [2.75, 3.05) is 13.2 Å². The van der Waals surface area contributed by atoms with Gasteiger partial charge in [0.1, 0.15) is 13.2 Å². The van der Waals surface area contributed by atoms with Crippen molar-refractivity contribution >= 4 is 17.9 Å². The second-order valence-corrected chi connectivity index (χ2v) is 21.7. The lowest BCUT2D eigenvalue weighted by atomic mass is 10.1. The van der Waals surface area contributed by atoms with E-state index in [0.717, 1.165) is 70.6 Å². The molecule has 0 aromatic heterocycles. The molecule has 1 unspecified atom stereocenters. The highest BCUT2D eigenvalue weighted by Gasteiger charge is 2.19. The SMILES string of the molecule is CCCCC/C=C\C=C/CCCCCCCCCCCCC(=O)OCC(COC(=O)CCCCCCC/C=C\CCCCCCCCCCC)OC(=O)CCCCCCC/C=C\CCCCCCCCCCC. The van der Waals surface area contributed by atoms with Crippen LogP contribution in [0.4, 0.5) is 0 Å². The fourth-order valence-corrected chi connectivity index (χ4v) is 9.43. The molecule has 0 N–H and O–H groups in total. The van der Waals surface area contributed by atoms with Crippen LogP contribution in [-0.2, 0) is 28.6 Å². The number of esters is 3. The number of hydrogen-bond donors (Lipinski definition) is 0. The summed E-state index contributed by atoms with van der Waals surface area (Å²) in [6.45, 7) is 6.65. The lowest BCUT2D eigenvalue weighted by Gasteiger charge is -2.18. The van der Waals surface area contributed by atoms with E-state index in [2.05, 4.69) is 69.4 Å². The lowest BCUT2D eigenvalue weighted by molar-refractivity contribution is -0.167. The van der Waals surface area contributed by atoms with Gasteiger partial charge in [-0.05, 0) is 96.3 Å². The molecule has 6 nitrogen and oxygen atoms in total. The largest absolute Gasteiger partial charge is 0.462 e. The minimum absolute atomic E-state index is 0.0788. The van der Waals surface area contributed by atoms with E-state index < -0.39 is 6.10 Å². The van der Waals surface area contributed by atoms with Gasteiger partial charge >= 0.3 is 17.9 Å². The Kier molecular flexibility index (Phi) is 59.7. The second kappa shape index (κ2) is 61.9. The van der Waals surface area contributed by atoms with Crippen LogP contribution in [0.1, 0.15) is 342 Å². The van der Waals surface area contributed by atoms with Crippen molar-refractivity contribution in [1.82, 2.24) is 0 Å². The van der Waals surface area contributed by atoms with Crippen molar-refractivity contribution in [3.8, 4) is 0 Å². The number of unbranched alkanes of at least 4 members (excludes halogenated alkanes) is 41. The highest BCUT2D eigenvalue weighted by atomic mass is 16.6. The van der Waals surface area contributed by atoms with Crippen LogP contribution in [0.15, 0.2) is 48.6 Å². The van der Waals surface area contributed by atoms with Gasteiger partial charge in [-0.25, -0.2) is 0 Å². The van der Waals surface area contributed by atoms with Gasteiger partial charge in [-0.2, -0.15) is 0 Å². The third-order valence-electron chi connectivity index (χ3n) is 14.3. The zero-order valence-corrected chi connectivity index (χ0v) is 48.9. The van der Waals surface area contributed by atoms with Gasteiger partial charge in [0.25, 0.3) is 0 Å². The average Bonchev–Trinajstić information content (AvgIpc) is 3.39. The van der Waals surface area contributed by atoms with E-state index in [4.69, 9.17) is 14.2 Å². The summed E-state index contributed by atoms with van der Waals surface area (Å²) in [7, 11) is 0. The molecule has 6 heteroatoms. The normalized spacial score (nSPS) is 12.3. The van der Waals surface area contributed by atoms with Crippen molar-refractivity contribution in [1.29, 1.82) is 0 Å². The molecule has 0 saturated carbocycles. The van der Waals surface area contributed by atoms with E-state index in [1.807, 2.05) is 0 Å². The molecule has 0 heterocycles. The van der Waals surface area contributed by atoms with Gasteiger partial charge in [-0.3, -0.25) is 14.4 Å². The highest BCUT2D eigenvalue weighted by Crippen LogP contribution is 2.16. The average molecular weight is 1020 g/mol. The minimum atomic E-state index is -0.783. The molecule has 0 aliphatic heterocycles. The van der Waals surface area contributed by atoms with Crippen molar-refractivity contribution in [2.24, 2.45) is 0 Å². The summed E-state index contributed by atoms with van der Waals surface area (Å²) in [6, 6.07) is 0. The first-order valence-electron chi connectivity index (χ1n) is 32.2. The number of rotatable bonds is 59. The number of ether oxygens (including phenoxy) is 3. The fourth-order valence-electron chi connectivity index (χ4n) is 9.43. The maximum Gasteiger partial charge on any atom is 0.306 e. The maximum atomic E-state index is 12.9. The van der Waals surface area contributed by atoms with Gasteiger partial charge in [0.15, 0.2) is 6.10 Å². The van der Waals surface area contributed by atoms with E-state index in [1.165, 1.54) is 231 Å². The van der Waals surface area contributed by atoms with Gasteiger partial charge in [-0.1, -0.05) is 275 Å². The number of hydrogen-bond acceptors (Lipinski definition) is 6. The Morgan fingerprint density at radius 2 is 0.493 bits per heavy atom. The molecule has 0 saturated heterocycles. The summed E-state index contributed by atoms with van der Waals surface area (Å²) in [5.74, 6) is -0.879. The molecule has 0 spiro atoms. The van der Waals surface area contributed by atoms with Crippen LogP contribution in [0.3, 0.4) is 0 Å². The van der Waals surface area contributed by atoms with Crippen LogP contribution in [-0.4, -0.2) is 37.2 Å². The summed E-state index contributed by atoms with van der Waals surface area (Å²) in [5, 5.41) is 0. The first kappa shape index (κ1) is 70.4. The summed E-state index contributed by atoms with van der Waals surface area (Å²) < 4.78 is 16.9. The molecule has 73 heavy (non-hydrogen) atoms. The zero-order chi connectivity index (χ0) is 52.9. The molecular formula is C67H122O6. The van der Waals surface area contributed by atoms with E-state index in [1.54, 1.807) is 0 Å². The quantitative estimate of drug-likeness (QED) is 0.0199. The number of carbonyl (C=O) groups excluding carboxylic acids is 3. The van der Waals surface area contributed by atoms with Gasteiger partial charge in [0.05, 0.1) is 0 Å². The van der Waals surface area contributed by atoms with E-state index >= 15 is 0 Å². The summed E-state index contributed by atoms with van der Waals surface area (Å²) >= 11 is 0. The number of allylic oxidation sites excluding steroid dienone is 8. The monoisotopic (exact) mass is 1020 g/mol. The summed E-state index contributed by atoms with van der Waals surface area (Å²) in [5.41, 5.74) is 0. The van der Waals surface area contributed by atoms with Crippen molar-refractivity contribution < 1.29 is 28.6 Å². The third-order valence-corrected chi connectivity index (χ3v) is 14.3. The van der Waals surface area contributed by atoms with Gasteiger partial charge in [-0.15, -0.1) is 0 Å². The van der Waals surface area contributed by atoms with E-state index in [-0.39, 0.29) is 31.1 Å². The topological polar surface area (TPSA) is 78.9 Å². The van der Waals surface area contributed by atoms with Crippen molar-refractivity contribution in [2.45, 2.75) is 348 Å². The molecule has 0 radical (unpaired) electrons. The Bertz CT molecular complexity index is 1270. The molecule has 0 rings (SSSR count). The molecule has 0 aliphatic carbocycles. The van der Waals surface area contributed by atoms with Crippen LogP contribution in [0, 0.1) is 0 Å². The molecule has 426 valence electrons. The Hall–Kier alpha value is -2.63. The van der Waals surface area contributed by atoms with E-state index in [9.17, 15) is 14.4 Å². The molecule has 0 fully saturated rings. The smallest absolute Gasteiger partial charge is 0.306 e. The van der Waals surface area contributed by atoms with Gasteiger partial charge < -0.3 is 14.2 Å². The Balaban J connectivity index is 4.37. The molecule has 0 amide bonds. The van der Waals surface area contributed by atoms with Crippen LogP contribution in [0.2, 0.25) is 0 Å². The van der Waals surface area contributed by atoms with Crippen molar-refractivity contribution in [3.05, 3.63) is 48.6 Å². The second-order valence-electron chi connectivity index (χ2n) is 21.7. The molecule has 0 bridgehead atoms. The molecule has 0 aliphatic rings. The Morgan fingerprint density at radius 3 is 0.795 bits per heavy atom. The lowest BCUT2D eigenvalue weighted by Crippen LogP contribution is -2.30. The first-order chi connectivity index (χ1) is 36.0. The molecule has 1 atom stereocenters. The van der Waals surface area contributed by atoms with Crippen LogP contribution < -0.4 is 0 Å². The molecular weight excluding hydrogens is 901 g/mol. The number of carbonyl (C=O) groups is 3. The zero-order valence-electron chi connectivity index (χ0n) is 48.9. The van der Waals surface area contributed by atoms with Gasteiger partial charge in [0.2, 0.25) is 0 Å². The summed E-state index contributed by atoms with van der Waals surface area (Å²) in [6.07, 6.45) is 76.8. The highest BCUT2D eigenvalue weighted by molar-refractivity contribution is 5.71. The first-order valence-corrected chi connectivity index (χ1v) is 32.2. The van der Waals surface area contributed by atoms with E-state index in [0.29, 0.717) is 19.3 Å². The van der Waals surface area contributed by atoms with Crippen molar-refractivity contribution in [3.63, 3.8) is 0 Å². The third kappa shape index (κ3) is 60.1. The van der Waals surface area contributed by atoms with Crippen LogP contribution >= 0.6 is 0 Å². The van der Waals surface area contributed by atoms with Crippen LogP contribution in [0.5, 0.6) is 0 Å². The molecule has 0 aromatic rings. The maximum absolute atomic E-state index is 12.9. The summed E-state index contributed by atoms with van der Waals surface area (Å²) in [4.78, 5) is 38.3. The Labute approximate surface area is 454 Å². The minimum Gasteiger partial charge on any atom is -0.462 e. The molecule has 0 aromatic carbocycles. The fraction of sp³-hybridized carbons (Fsp3) is 0.836. The Morgan fingerprint density at radius 1 is 0.274 bits per heavy atom. The predicted molar refractivity (Wildman–Crippen MR) is 316 cm³/mol. The standard InChI is InChI=1S/C67H122O6/c1-4-7-10-13-16-19-22-25-28-31-34-37-39-42-45-48-51-54-57-60-66(69)72-63-64(73-67(70)61-58-55-52-49-46-43-40-36-33-30-27-24-21-18-15-12-9-6-3)62-71-65(68)59-56-53-50-47-44-41-38-35-32-29-26-23-20-17-14-11-8-5-2/h16,19,22,25,35-36,38,40,64H,4-15,17-18,20-21,23-24,26-34,37,39,41-63H2,1-3H3/b19-16-,25-22-,38-35-,40-36-. The van der Waals surface area contributed by atoms with Gasteiger partial charge in [0, 0.05) is 19.3 Å².